The van der Waals surface area contributed by atoms with Crippen molar-refractivity contribution in [3.8, 4) is 0 Å². The molecule has 100 valence electrons. The van der Waals surface area contributed by atoms with Gasteiger partial charge in [-0.25, -0.2) is 0 Å². The Balaban J connectivity index is 2.23. The molecule has 1 aromatic carbocycles. The number of ether oxygens (including phenoxy) is 1. The lowest BCUT2D eigenvalue weighted by atomic mass is 10.0. The lowest BCUT2D eigenvalue weighted by molar-refractivity contribution is -0.101. The molecule has 0 radical (unpaired) electrons. The normalized spacial score (nSPS) is 23.1. The Morgan fingerprint density at radius 3 is 2.83 bits per heavy atom. The van der Waals surface area contributed by atoms with E-state index in [1.54, 1.807) is 0 Å². The van der Waals surface area contributed by atoms with Gasteiger partial charge in [-0.3, -0.25) is 0 Å². The smallest absolute Gasteiger partial charge is 0.0988 e. The molecule has 0 amide bonds. The topological polar surface area (TPSA) is 58.7 Å². The second-order valence-corrected chi connectivity index (χ2v) is 5.60. The molecule has 0 aliphatic carbocycles. The Bertz CT molecular complexity index is 432. The number of benzene rings is 1. The first-order chi connectivity index (χ1) is 8.41. The van der Waals surface area contributed by atoms with Gasteiger partial charge in [-0.05, 0) is 38.5 Å². The zero-order chi connectivity index (χ0) is 13.3. The number of hydrogen-bond acceptors (Lipinski definition) is 4. The summed E-state index contributed by atoms with van der Waals surface area (Å²) in [6, 6.07) is 6.09. The van der Waals surface area contributed by atoms with Crippen molar-refractivity contribution in [2.75, 3.05) is 30.3 Å². The Morgan fingerprint density at radius 1 is 1.50 bits per heavy atom. The highest BCUT2D eigenvalue weighted by Gasteiger charge is 2.33. The number of nitrogens with two attached hydrogens (primary N) is 1. The van der Waals surface area contributed by atoms with E-state index in [4.69, 9.17) is 10.5 Å². The predicted octanol–water partition coefficient (Wildman–Crippen LogP) is 1.55. The van der Waals surface area contributed by atoms with Gasteiger partial charge in [0.1, 0.15) is 0 Å². The van der Waals surface area contributed by atoms with E-state index in [1.807, 2.05) is 32.9 Å². The Hall–Kier alpha value is -1.26. The summed E-state index contributed by atoms with van der Waals surface area (Å²) < 4.78 is 5.81. The van der Waals surface area contributed by atoms with Crippen LogP contribution in [0, 0.1) is 6.92 Å². The number of rotatable bonds is 2. The van der Waals surface area contributed by atoms with Crippen LogP contribution >= 0.6 is 0 Å². The monoisotopic (exact) mass is 250 g/mol. The van der Waals surface area contributed by atoms with E-state index in [0.29, 0.717) is 6.54 Å². The first kappa shape index (κ1) is 13.2. The van der Waals surface area contributed by atoms with Gasteiger partial charge in [0, 0.05) is 24.5 Å². The Kier molecular flexibility index (Phi) is 3.50. The van der Waals surface area contributed by atoms with Gasteiger partial charge in [0.05, 0.1) is 18.3 Å². The van der Waals surface area contributed by atoms with Crippen LogP contribution in [0.3, 0.4) is 0 Å². The second kappa shape index (κ2) is 4.78. The highest BCUT2D eigenvalue weighted by atomic mass is 16.5. The van der Waals surface area contributed by atoms with Gasteiger partial charge in [0.25, 0.3) is 0 Å². The molecule has 2 rings (SSSR count). The van der Waals surface area contributed by atoms with Crippen LogP contribution in [-0.2, 0) is 4.74 Å². The summed E-state index contributed by atoms with van der Waals surface area (Å²) in [5.74, 6) is 0. The minimum Gasteiger partial charge on any atom is -0.398 e. The lowest BCUT2D eigenvalue weighted by Crippen LogP contribution is -2.54. The first-order valence-electron chi connectivity index (χ1n) is 6.31. The number of anilines is 2. The summed E-state index contributed by atoms with van der Waals surface area (Å²) in [4.78, 5) is 2.22. The van der Waals surface area contributed by atoms with E-state index in [9.17, 15) is 5.11 Å². The van der Waals surface area contributed by atoms with E-state index in [1.165, 1.54) is 0 Å². The van der Waals surface area contributed by atoms with Crippen molar-refractivity contribution in [3.05, 3.63) is 23.8 Å². The molecule has 0 saturated carbocycles. The third-order valence-electron chi connectivity index (χ3n) is 3.31. The largest absolute Gasteiger partial charge is 0.398 e. The standard InChI is InChI=1S/C14H22N2O2/c1-10-4-5-11(6-13(10)15)16-7-12(8-17)18-14(2,3)9-16/h4-6,12,17H,7-9,15H2,1-3H3. The van der Waals surface area contributed by atoms with Crippen LogP contribution < -0.4 is 10.6 Å². The molecule has 1 aliphatic rings. The SMILES string of the molecule is Cc1ccc(N2CC(CO)OC(C)(C)C2)cc1N. The van der Waals surface area contributed by atoms with E-state index in [-0.39, 0.29) is 18.3 Å². The van der Waals surface area contributed by atoms with Gasteiger partial charge in [-0.15, -0.1) is 0 Å². The quantitative estimate of drug-likeness (QED) is 0.782. The van der Waals surface area contributed by atoms with E-state index >= 15 is 0 Å². The van der Waals surface area contributed by atoms with Gasteiger partial charge in [0.15, 0.2) is 0 Å². The molecular weight excluding hydrogens is 228 g/mol. The molecule has 1 heterocycles. The highest BCUT2D eigenvalue weighted by molar-refractivity contribution is 5.60. The van der Waals surface area contributed by atoms with Crippen LogP contribution in [0.15, 0.2) is 18.2 Å². The maximum Gasteiger partial charge on any atom is 0.0988 e. The summed E-state index contributed by atoms with van der Waals surface area (Å²) in [6.45, 7) is 7.62. The lowest BCUT2D eigenvalue weighted by Gasteiger charge is -2.43. The number of nitrogens with zero attached hydrogens (tertiary/aromatic N) is 1. The number of nitrogen functional groups attached to an aromatic ring is 1. The Labute approximate surface area is 108 Å². The molecule has 18 heavy (non-hydrogen) atoms. The number of hydrogen-bond donors (Lipinski definition) is 2. The van der Waals surface area contributed by atoms with Gasteiger partial charge in [0.2, 0.25) is 0 Å². The Morgan fingerprint density at radius 2 is 2.22 bits per heavy atom. The molecule has 1 saturated heterocycles. The molecule has 4 nitrogen and oxygen atoms in total. The van der Waals surface area contributed by atoms with Crippen LogP contribution in [0.2, 0.25) is 0 Å². The molecule has 1 aliphatic heterocycles. The summed E-state index contributed by atoms with van der Waals surface area (Å²) in [7, 11) is 0. The molecule has 4 heteroatoms. The molecule has 1 unspecified atom stereocenters. The average Bonchev–Trinajstić information content (AvgIpc) is 2.30. The molecule has 0 bridgehead atoms. The summed E-state index contributed by atoms with van der Waals surface area (Å²) in [5.41, 5.74) is 8.68. The minimum absolute atomic E-state index is 0.0429. The van der Waals surface area contributed by atoms with Crippen LogP contribution in [0.5, 0.6) is 0 Å². The fourth-order valence-corrected chi connectivity index (χ4v) is 2.41. The molecule has 0 aromatic heterocycles. The van der Waals surface area contributed by atoms with E-state index in [0.717, 1.165) is 23.5 Å². The van der Waals surface area contributed by atoms with Crippen LogP contribution in [0.1, 0.15) is 19.4 Å². The van der Waals surface area contributed by atoms with Gasteiger partial charge >= 0.3 is 0 Å². The summed E-state index contributed by atoms with van der Waals surface area (Å²) in [5, 5.41) is 9.31. The number of aliphatic hydroxyl groups is 1. The maximum absolute atomic E-state index is 9.31. The maximum atomic E-state index is 9.31. The third-order valence-corrected chi connectivity index (χ3v) is 3.31. The van der Waals surface area contributed by atoms with Gasteiger partial charge in [-0.2, -0.15) is 0 Å². The second-order valence-electron chi connectivity index (χ2n) is 5.60. The predicted molar refractivity (Wildman–Crippen MR) is 73.8 cm³/mol. The van der Waals surface area contributed by atoms with Crippen molar-refractivity contribution in [1.82, 2.24) is 0 Å². The highest BCUT2D eigenvalue weighted by Crippen LogP contribution is 2.28. The molecule has 1 atom stereocenters. The third kappa shape index (κ3) is 2.76. The minimum atomic E-state index is -0.259. The van der Waals surface area contributed by atoms with Gasteiger partial charge < -0.3 is 20.5 Å². The molecule has 0 spiro atoms. The van der Waals surface area contributed by atoms with Crippen molar-refractivity contribution in [2.45, 2.75) is 32.5 Å². The van der Waals surface area contributed by atoms with Gasteiger partial charge in [-0.1, -0.05) is 6.07 Å². The summed E-state index contributed by atoms with van der Waals surface area (Å²) in [6.07, 6.45) is -0.142. The van der Waals surface area contributed by atoms with Crippen molar-refractivity contribution in [2.24, 2.45) is 0 Å². The fourth-order valence-electron chi connectivity index (χ4n) is 2.41. The zero-order valence-corrected chi connectivity index (χ0v) is 11.3. The number of aliphatic hydroxyl groups excluding tert-OH is 1. The number of aryl methyl sites for hydroxylation is 1. The molecular formula is C14H22N2O2. The van der Waals surface area contributed by atoms with Crippen LogP contribution in [-0.4, -0.2) is 36.5 Å². The van der Waals surface area contributed by atoms with Crippen molar-refractivity contribution in [1.29, 1.82) is 0 Å². The van der Waals surface area contributed by atoms with Crippen LogP contribution in [0.4, 0.5) is 11.4 Å². The van der Waals surface area contributed by atoms with Crippen molar-refractivity contribution in [3.63, 3.8) is 0 Å². The molecule has 1 fully saturated rings. The average molecular weight is 250 g/mol. The molecule has 3 N–H and O–H groups in total. The van der Waals surface area contributed by atoms with Crippen molar-refractivity contribution >= 4 is 11.4 Å². The van der Waals surface area contributed by atoms with Crippen LogP contribution in [0.25, 0.3) is 0 Å². The number of morpholine rings is 1. The van der Waals surface area contributed by atoms with Crippen molar-refractivity contribution < 1.29 is 9.84 Å². The zero-order valence-electron chi connectivity index (χ0n) is 11.3. The van der Waals surface area contributed by atoms with E-state index in [2.05, 4.69) is 11.0 Å². The summed E-state index contributed by atoms with van der Waals surface area (Å²) >= 11 is 0. The molecule has 1 aromatic rings. The van der Waals surface area contributed by atoms with E-state index < -0.39 is 0 Å². The first-order valence-corrected chi connectivity index (χ1v) is 6.31. The fraction of sp³-hybridized carbons (Fsp3) is 0.571.